The van der Waals surface area contributed by atoms with E-state index in [1.807, 2.05) is 6.07 Å². The lowest BCUT2D eigenvalue weighted by atomic mass is 9.97. The van der Waals surface area contributed by atoms with Crippen LogP contribution in [0.2, 0.25) is 0 Å². The van der Waals surface area contributed by atoms with Crippen molar-refractivity contribution in [2.75, 3.05) is 0 Å². The van der Waals surface area contributed by atoms with Gasteiger partial charge in [-0.3, -0.25) is 0 Å². The first kappa shape index (κ1) is 11.7. The Morgan fingerprint density at radius 2 is 2.06 bits per heavy atom. The fourth-order valence-electron chi connectivity index (χ4n) is 2.94. The summed E-state index contributed by atoms with van der Waals surface area (Å²) in [5.74, 6) is 1.27. The molecule has 0 radical (unpaired) electrons. The average molecular weight is 247 g/mol. The molecule has 96 valence electrons. The summed E-state index contributed by atoms with van der Waals surface area (Å²) >= 11 is 0. The fourth-order valence-corrected chi connectivity index (χ4v) is 2.94. The van der Waals surface area contributed by atoms with Gasteiger partial charge in [-0.25, -0.2) is 4.39 Å². The molecule has 1 atom stereocenters. The Hall–Kier alpha value is -1.35. The SMILES string of the molecule is NC(CC1CCCC1)c1cc2cc(F)ccc2o1. The second kappa shape index (κ2) is 4.73. The molecule has 1 fully saturated rings. The first-order valence-corrected chi connectivity index (χ1v) is 6.67. The maximum Gasteiger partial charge on any atom is 0.134 e. The van der Waals surface area contributed by atoms with Crippen LogP contribution in [0.1, 0.15) is 43.9 Å². The third-order valence-corrected chi connectivity index (χ3v) is 3.92. The van der Waals surface area contributed by atoms with Crippen molar-refractivity contribution >= 4 is 11.0 Å². The molecule has 1 saturated carbocycles. The minimum Gasteiger partial charge on any atom is -0.459 e. The molecule has 2 N–H and O–H groups in total. The van der Waals surface area contributed by atoms with Crippen molar-refractivity contribution in [1.29, 1.82) is 0 Å². The van der Waals surface area contributed by atoms with Gasteiger partial charge in [0.05, 0.1) is 6.04 Å². The molecule has 0 aliphatic heterocycles. The highest BCUT2D eigenvalue weighted by Gasteiger charge is 2.21. The largest absolute Gasteiger partial charge is 0.459 e. The van der Waals surface area contributed by atoms with E-state index in [0.717, 1.165) is 23.5 Å². The van der Waals surface area contributed by atoms with Gasteiger partial charge in [0.2, 0.25) is 0 Å². The monoisotopic (exact) mass is 247 g/mol. The van der Waals surface area contributed by atoms with Crippen LogP contribution >= 0.6 is 0 Å². The zero-order valence-electron chi connectivity index (χ0n) is 10.4. The molecule has 18 heavy (non-hydrogen) atoms. The van der Waals surface area contributed by atoms with Crippen LogP contribution in [0.4, 0.5) is 4.39 Å². The molecule has 2 aromatic rings. The van der Waals surface area contributed by atoms with Crippen LogP contribution in [0.3, 0.4) is 0 Å². The minimum atomic E-state index is -0.237. The van der Waals surface area contributed by atoms with E-state index in [1.54, 1.807) is 6.07 Å². The lowest BCUT2D eigenvalue weighted by Crippen LogP contribution is -2.13. The Labute approximate surface area is 106 Å². The van der Waals surface area contributed by atoms with Crippen LogP contribution in [0, 0.1) is 11.7 Å². The van der Waals surface area contributed by atoms with Crippen LogP contribution in [-0.4, -0.2) is 0 Å². The molecule has 1 aliphatic rings. The van der Waals surface area contributed by atoms with Gasteiger partial charge in [0.1, 0.15) is 17.2 Å². The van der Waals surface area contributed by atoms with Crippen LogP contribution in [0.15, 0.2) is 28.7 Å². The number of hydrogen-bond acceptors (Lipinski definition) is 2. The highest BCUT2D eigenvalue weighted by molar-refractivity contribution is 5.77. The van der Waals surface area contributed by atoms with Gasteiger partial charge in [-0.05, 0) is 36.6 Å². The van der Waals surface area contributed by atoms with Crippen molar-refractivity contribution in [2.24, 2.45) is 11.7 Å². The van der Waals surface area contributed by atoms with Gasteiger partial charge in [-0.2, -0.15) is 0 Å². The first-order valence-electron chi connectivity index (χ1n) is 6.67. The Morgan fingerprint density at radius 3 is 2.83 bits per heavy atom. The Kier molecular flexibility index (Phi) is 3.08. The normalized spacial score (nSPS) is 18.6. The molecule has 1 aliphatic carbocycles. The number of fused-ring (bicyclic) bond motifs is 1. The number of rotatable bonds is 3. The maximum atomic E-state index is 13.1. The Balaban J connectivity index is 1.80. The van der Waals surface area contributed by atoms with E-state index >= 15 is 0 Å². The van der Waals surface area contributed by atoms with Crippen molar-refractivity contribution in [3.8, 4) is 0 Å². The molecular formula is C15H18FNO. The summed E-state index contributed by atoms with van der Waals surface area (Å²) < 4.78 is 18.8. The van der Waals surface area contributed by atoms with Crippen molar-refractivity contribution in [2.45, 2.75) is 38.1 Å². The molecule has 3 heteroatoms. The van der Waals surface area contributed by atoms with E-state index < -0.39 is 0 Å². The highest BCUT2D eigenvalue weighted by atomic mass is 19.1. The zero-order valence-corrected chi connectivity index (χ0v) is 10.4. The van der Waals surface area contributed by atoms with Gasteiger partial charge >= 0.3 is 0 Å². The first-order chi connectivity index (χ1) is 8.72. The smallest absolute Gasteiger partial charge is 0.134 e. The topological polar surface area (TPSA) is 39.2 Å². The summed E-state index contributed by atoms with van der Waals surface area (Å²) in [5.41, 5.74) is 6.91. The summed E-state index contributed by atoms with van der Waals surface area (Å²) in [6.45, 7) is 0. The van der Waals surface area contributed by atoms with E-state index in [-0.39, 0.29) is 11.9 Å². The van der Waals surface area contributed by atoms with Gasteiger partial charge in [-0.15, -0.1) is 0 Å². The van der Waals surface area contributed by atoms with Gasteiger partial charge in [0.25, 0.3) is 0 Å². The molecule has 1 aromatic carbocycles. The van der Waals surface area contributed by atoms with Crippen molar-refractivity contribution in [3.63, 3.8) is 0 Å². The maximum absolute atomic E-state index is 13.1. The van der Waals surface area contributed by atoms with Crippen LogP contribution in [0.5, 0.6) is 0 Å². The summed E-state index contributed by atoms with van der Waals surface area (Å²) in [7, 11) is 0. The van der Waals surface area contributed by atoms with E-state index in [1.165, 1.54) is 37.8 Å². The van der Waals surface area contributed by atoms with Crippen molar-refractivity contribution in [3.05, 3.63) is 35.8 Å². The van der Waals surface area contributed by atoms with E-state index in [4.69, 9.17) is 10.2 Å². The van der Waals surface area contributed by atoms with Crippen molar-refractivity contribution < 1.29 is 8.81 Å². The molecule has 1 unspecified atom stereocenters. The molecule has 0 bridgehead atoms. The summed E-state index contributed by atoms with van der Waals surface area (Å²) in [5, 5.41) is 0.798. The number of furan rings is 1. The predicted octanol–water partition coefficient (Wildman–Crippen LogP) is 4.15. The quantitative estimate of drug-likeness (QED) is 0.884. The molecule has 0 saturated heterocycles. The highest BCUT2D eigenvalue weighted by Crippen LogP contribution is 2.33. The molecule has 0 spiro atoms. The summed E-state index contributed by atoms with van der Waals surface area (Å²) in [6.07, 6.45) is 6.18. The molecular weight excluding hydrogens is 229 g/mol. The van der Waals surface area contributed by atoms with Gasteiger partial charge in [0.15, 0.2) is 0 Å². The Morgan fingerprint density at radius 1 is 1.28 bits per heavy atom. The second-order valence-corrected chi connectivity index (χ2v) is 5.32. The van der Waals surface area contributed by atoms with Gasteiger partial charge in [-0.1, -0.05) is 25.7 Å². The molecule has 1 aromatic heterocycles. The van der Waals surface area contributed by atoms with E-state index in [2.05, 4.69) is 0 Å². The van der Waals surface area contributed by atoms with E-state index in [0.29, 0.717) is 5.58 Å². The summed E-state index contributed by atoms with van der Waals surface area (Å²) in [6, 6.07) is 6.38. The van der Waals surface area contributed by atoms with Crippen molar-refractivity contribution in [1.82, 2.24) is 0 Å². The predicted molar refractivity (Wildman–Crippen MR) is 69.7 cm³/mol. The van der Waals surface area contributed by atoms with Gasteiger partial charge < -0.3 is 10.2 Å². The van der Waals surface area contributed by atoms with Crippen LogP contribution < -0.4 is 5.73 Å². The molecule has 1 heterocycles. The Bertz CT molecular complexity index is 542. The number of nitrogens with two attached hydrogens (primary N) is 1. The number of benzene rings is 1. The number of halogens is 1. The molecule has 2 nitrogen and oxygen atoms in total. The van der Waals surface area contributed by atoms with E-state index in [9.17, 15) is 4.39 Å². The third kappa shape index (κ3) is 2.27. The second-order valence-electron chi connectivity index (χ2n) is 5.32. The summed E-state index contributed by atoms with van der Waals surface area (Å²) in [4.78, 5) is 0. The third-order valence-electron chi connectivity index (χ3n) is 3.92. The molecule has 0 amide bonds. The fraction of sp³-hybridized carbons (Fsp3) is 0.467. The van der Waals surface area contributed by atoms with Crippen LogP contribution in [-0.2, 0) is 0 Å². The average Bonchev–Trinajstić information content (AvgIpc) is 2.96. The van der Waals surface area contributed by atoms with Crippen LogP contribution in [0.25, 0.3) is 11.0 Å². The zero-order chi connectivity index (χ0) is 12.5. The lowest BCUT2D eigenvalue weighted by Gasteiger charge is -2.13. The van der Waals surface area contributed by atoms with Gasteiger partial charge in [0, 0.05) is 5.39 Å². The number of hydrogen-bond donors (Lipinski definition) is 1. The minimum absolute atomic E-state index is 0.0661. The molecule has 3 rings (SSSR count). The lowest BCUT2D eigenvalue weighted by molar-refractivity contribution is 0.401. The standard InChI is InChI=1S/C15H18FNO/c16-12-5-6-14-11(8-12)9-15(18-14)13(17)7-10-3-1-2-4-10/h5-6,8-10,13H,1-4,7,17H2.